The zero-order chi connectivity index (χ0) is 15.4. The van der Waals surface area contributed by atoms with E-state index in [1.165, 1.54) is 11.3 Å². The molecule has 1 saturated heterocycles. The molecule has 22 heavy (non-hydrogen) atoms. The first kappa shape index (κ1) is 15.2. The second kappa shape index (κ2) is 7.06. The Balaban J connectivity index is 1.56. The minimum Gasteiger partial charge on any atom is -0.458 e. The van der Waals surface area contributed by atoms with Crippen LogP contribution in [0.25, 0.3) is 0 Å². The Kier molecular flexibility index (Phi) is 4.89. The molecule has 6 nitrogen and oxygen atoms in total. The van der Waals surface area contributed by atoms with Crippen LogP contribution in [0, 0.1) is 0 Å². The van der Waals surface area contributed by atoms with Crippen molar-refractivity contribution in [2.45, 2.75) is 18.9 Å². The lowest BCUT2D eigenvalue weighted by Crippen LogP contribution is -2.46. The van der Waals surface area contributed by atoms with E-state index in [9.17, 15) is 4.79 Å². The average Bonchev–Trinajstić information content (AvgIpc) is 3.03. The number of urea groups is 1. The minimum atomic E-state index is -0.0903. The number of rotatable bonds is 3. The van der Waals surface area contributed by atoms with Gasteiger partial charge in [0, 0.05) is 18.9 Å². The molecule has 0 bridgehead atoms. The van der Waals surface area contributed by atoms with Crippen molar-refractivity contribution in [3.8, 4) is 6.01 Å². The molecule has 1 unspecified atom stereocenters. The highest BCUT2D eigenvalue weighted by Crippen LogP contribution is 2.19. The number of amides is 2. The third kappa shape index (κ3) is 3.95. The van der Waals surface area contributed by atoms with Crippen LogP contribution >= 0.6 is 27.3 Å². The van der Waals surface area contributed by atoms with Crippen LogP contribution in [-0.2, 0) is 0 Å². The monoisotopic (exact) mass is 382 g/mol. The number of likely N-dealkylation sites (tertiary alicyclic amines) is 1. The Morgan fingerprint density at radius 2 is 2.27 bits per heavy atom. The molecule has 0 spiro atoms. The Hall–Kier alpha value is -1.67. The maximum absolute atomic E-state index is 12.2. The van der Waals surface area contributed by atoms with E-state index in [4.69, 9.17) is 4.74 Å². The van der Waals surface area contributed by atoms with Crippen LogP contribution in [0.3, 0.4) is 0 Å². The molecular weight excluding hydrogens is 368 g/mol. The van der Waals surface area contributed by atoms with E-state index >= 15 is 0 Å². The fourth-order valence-corrected chi connectivity index (χ4v) is 3.08. The van der Waals surface area contributed by atoms with Crippen LogP contribution in [0.2, 0.25) is 0 Å². The number of carbonyl (C=O) groups is 1. The Bertz CT molecular complexity index is 620. The summed E-state index contributed by atoms with van der Waals surface area (Å²) in [4.78, 5) is 22.2. The van der Waals surface area contributed by atoms with Crippen LogP contribution < -0.4 is 10.1 Å². The van der Waals surface area contributed by atoms with E-state index in [1.807, 2.05) is 17.5 Å². The molecule has 0 radical (unpaired) electrons. The van der Waals surface area contributed by atoms with E-state index in [0.717, 1.165) is 28.9 Å². The molecule has 2 aromatic heterocycles. The van der Waals surface area contributed by atoms with Gasteiger partial charge in [0.05, 0.1) is 16.0 Å². The zero-order valence-corrected chi connectivity index (χ0v) is 14.1. The third-order valence-corrected chi connectivity index (χ3v) is 4.48. The summed E-state index contributed by atoms with van der Waals surface area (Å²) in [5, 5.41) is 5.68. The van der Waals surface area contributed by atoms with Crippen molar-refractivity contribution in [3.63, 3.8) is 0 Å². The van der Waals surface area contributed by atoms with Crippen molar-refractivity contribution in [1.82, 2.24) is 14.9 Å². The minimum absolute atomic E-state index is 0.0796. The molecule has 1 aliphatic heterocycles. The normalized spacial score (nSPS) is 18.0. The molecule has 0 aliphatic carbocycles. The van der Waals surface area contributed by atoms with E-state index < -0.39 is 0 Å². The summed E-state index contributed by atoms with van der Waals surface area (Å²) in [7, 11) is 0. The van der Waals surface area contributed by atoms with E-state index in [-0.39, 0.29) is 12.1 Å². The van der Waals surface area contributed by atoms with Gasteiger partial charge in [-0.1, -0.05) is 0 Å². The Labute approximate surface area is 140 Å². The summed E-state index contributed by atoms with van der Waals surface area (Å²) in [6.45, 7) is 1.27. The zero-order valence-electron chi connectivity index (χ0n) is 11.7. The highest BCUT2D eigenvalue weighted by Gasteiger charge is 2.25. The van der Waals surface area contributed by atoms with Gasteiger partial charge in [0.15, 0.2) is 0 Å². The first-order valence-corrected chi connectivity index (χ1v) is 8.61. The number of nitrogens with one attached hydrogen (secondary N) is 1. The number of thiophene rings is 1. The van der Waals surface area contributed by atoms with Gasteiger partial charge >= 0.3 is 12.0 Å². The fraction of sp³-hybridized carbons (Fsp3) is 0.357. The highest BCUT2D eigenvalue weighted by molar-refractivity contribution is 9.10. The van der Waals surface area contributed by atoms with Crippen molar-refractivity contribution in [3.05, 3.63) is 34.4 Å². The second-order valence-corrected chi connectivity index (χ2v) is 6.78. The van der Waals surface area contributed by atoms with Crippen molar-refractivity contribution < 1.29 is 9.53 Å². The van der Waals surface area contributed by atoms with Crippen molar-refractivity contribution in [2.75, 3.05) is 18.4 Å². The number of anilines is 1. The van der Waals surface area contributed by atoms with E-state index in [0.29, 0.717) is 12.6 Å². The molecule has 0 saturated carbocycles. The maximum atomic E-state index is 12.2. The lowest BCUT2D eigenvalue weighted by Gasteiger charge is -2.32. The number of aromatic nitrogens is 2. The molecule has 1 N–H and O–H groups in total. The van der Waals surface area contributed by atoms with Gasteiger partial charge in [0.1, 0.15) is 6.10 Å². The molecule has 1 atom stereocenters. The predicted octanol–water partition coefficient (Wildman–Crippen LogP) is 3.38. The molecule has 1 fully saturated rings. The summed E-state index contributed by atoms with van der Waals surface area (Å²) in [5.74, 6) is 0. The molecule has 2 amide bonds. The molecular formula is C14H15BrN4O2S. The molecule has 0 aromatic carbocycles. The maximum Gasteiger partial charge on any atom is 0.322 e. The molecule has 8 heteroatoms. The fourth-order valence-electron chi connectivity index (χ4n) is 2.26. The molecule has 116 valence electrons. The number of hydrogen-bond donors (Lipinski definition) is 1. The van der Waals surface area contributed by atoms with E-state index in [1.54, 1.807) is 17.3 Å². The van der Waals surface area contributed by atoms with Crippen LogP contribution in [0.5, 0.6) is 6.01 Å². The van der Waals surface area contributed by atoms with Crippen LogP contribution in [0.1, 0.15) is 12.8 Å². The lowest BCUT2D eigenvalue weighted by molar-refractivity contribution is 0.0983. The van der Waals surface area contributed by atoms with Gasteiger partial charge in [-0.05, 0) is 46.3 Å². The van der Waals surface area contributed by atoms with Crippen LogP contribution in [0.4, 0.5) is 9.80 Å². The van der Waals surface area contributed by atoms with Crippen LogP contribution in [0.15, 0.2) is 34.4 Å². The van der Waals surface area contributed by atoms with Crippen molar-refractivity contribution >= 4 is 38.3 Å². The Morgan fingerprint density at radius 3 is 3.00 bits per heavy atom. The number of hydrogen-bond acceptors (Lipinski definition) is 5. The average molecular weight is 383 g/mol. The summed E-state index contributed by atoms with van der Waals surface area (Å²) in [6.07, 6.45) is 5.00. The van der Waals surface area contributed by atoms with Gasteiger partial charge in [-0.15, -0.1) is 11.3 Å². The number of piperidine rings is 1. The first-order valence-electron chi connectivity index (χ1n) is 6.94. The SMILES string of the molecule is O=C(Nc1cccs1)N1CCCC(Oc2ncc(Br)cn2)C1. The van der Waals surface area contributed by atoms with Gasteiger partial charge in [0.25, 0.3) is 0 Å². The van der Waals surface area contributed by atoms with Crippen LogP contribution in [-0.4, -0.2) is 40.1 Å². The predicted molar refractivity (Wildman–Crippen MR) is 88.3 cm³/mol. The number of carbonyl (C=O) groups excluding carboxylic acids is 1. The smallest absolute Gasteiger partial charge is 0.322 e. The van der Waals surface area contributed by atoms with Crippen molar-refractivity contribution in [1.29, 1.82) is 0 Å². The molecule has 1 aliphatic rings. The van der Waals surface area contributed by atoms with Gasteiger partial charge < -0.3 is 9.64 Å². The number of nitrogens with zero attached hydrogens (tertiary/aromatic N) is 3. The van der Waals surface area contributed by atoms with Crippen molar-refractivity contribution in [2.24, 2.45) is 0 Å². The highest BCUT2D eigenvalue weighted by atomic mass is 79.9. The summed E-state index contributed by atoms with van der Waals surface area (Å²) < 4.78 is 6.57. The van der Waals surface area contributed by atoms with Gasteiger partial charge in [0.2, 0.25) is 0 Å². The summed E-state index contributed by atoms with van der Waals surface area (Å²) >= 11 is 4.79. The van der Waals surface area contributed by atoms with Gasteiger partial charge in [-0.2, -0.15) is 0 Å². The standard InChI is InChI=1S/C14H15BrN4O2S/c15-10-7-16-13(17-8-10)21-11-3-1-5-19(9-11)14(20)18-12-4-2-6-22-12/h2,4,6-8,11H,1,3,5,9H2,(H,18,20). The third-order valence-electron chi connectivity index (χ3n) is 3.29. The van der Waals surface area contributed by atoms with E-state index in [2.05, 4.69) is 31.2 Å². The molecule has 2 aromatic rings. The molecule has 3 heterocycles. The first-order chi connectivity index (χ1) is 10.7. The Morgan fingerprint density at radius 1 is 1.45 bits per heavy atom. The van der Waals surface area contributed by atoms with Gasteiger partial charge in [-0.25, -0.2) is 14.8 Å². The van der Waals surface area contributed by atoms with Gasteiger partial charge in [-0.3, -0.25) is 5.32 Å². The largest absolute Gasteiger partial charge is 0.458 e. The second-order valence-electron chi connectivity index (χ2n) is 4.92. The number of ether oxygens (including phenoxy) is 1. The number of halogens is 1. The summed E-state index contributed by atoms with van der Waals surface area (Å²) in [6, 6.07) is 4.05. The quantitative estimate of drug-likeness (QED) is 0.883. The topological polar surface area (TPSA) is 67.4 Å². The lowest BCUT2D eigenvalue weighted by atomic mass is 10.1. The molecule has 3 rings (SSSR count). The summed E-state index contributed by atoms with van der Waals surface area (Å²) in [5.41, 5.74) is 0.